The second-order valence-electron chi connectivity index (χ2n) is 4.99. The molecule has 0 bridgehead atoms. The first kappa shape index (κ1) is 13.1. The molecule has 2 aromatic heterocycles. The lowest BCUT2D eigenvalue weighted by Crippen LogP contribution is -1.87. The second kappa shape index (κ2) is 5.31. The molecule has 1 aliphatic rings. The summed E-state index contributed by atoms with van der Waals surface area (Å²) in [6, 6.07) is 8.12. The maximum atomic E-state index is 5.20. The molecule has 0 saturated carbocycles. The number of rotatable bonds is 3. The van der Waals surface area contributed by atoms with Crippen LogP contribution in [0.5, 0.6) is 5.75 Å². The Kier molecular flexibility index (Phi) is 3.31. The molecule has 0 saturated heterocycles. The standard InChI is InChI=1S/C16H14N2OS2/c1-19-10-5-7-11(8-6-10)20-15-14-12-3-2-4-13(12)21-16(14)18-9-17-15/h5-9H,2-4H2,1H3. The minimum atomic E-state index is 0.878. The van der Waals surface area contributed by atoms with Gasteiger partial charge < -0.3 is 4.74 Å². The van der Waals surface area contributed by atoms with Gasteiger partial charge in [0.05, 0.1) is 7.11 Å². The van der Waals surface area contributed by atoms with Gasteiger partial charge >= 0.3 is 0 Å². The van der Waals surface area contributed by atoms with Crippen LogP contribution in [0.15, 0.2) is 40.5 Å². The number of aryl methyl sites for hydroxylation is 2. The fraction of sp³-hybridized carbons (Fsp3) is 0.250. The summed E-state index contributed by atoms with van der Waals surface area (Å²) in [7, 11) is 1.69. The molecule has 0 atom stereocenters. The third-order valence-electron chi connectivity index (χ3n) is 3.74. The summed E-state index contributed by atoms with van der Waals surface area (Å²) in [6.07, 6.45) is 5.31. The molecule has 1 aliphatic carbocycles. The number of aromatic nitrogens is 2. The highest BCUT2D eigenvalue weighted by atomic mass is 32.2. The van der Waals surface area contributed by atoms with Crippen molar-refractivity contribution in [3.63, 3.8) is 0 Å². The van der Waals surface area contributed by atoms with E-state index in [0.29, 0.717) is 0 Å². The van der Waals surface area contributed by atoms with Crippen LogP contribution in [0.4, 0.5) is 0 Å². The van der Waals surface area contributed by atoms with Crippen LogP contribution in [0.2, 0.25) is 0 Å². The zero-order valence-corrected chi connectivity index (χ0v) is 13.3. The van der Waals surface area contributed by atoms with Crippen molar-refractivity contribution in [2.24, 2.45) is 0 Å². The molecule has 3 nitrogen and oxygen atoms in total. The van der Waals surface area contributed by atoms with Crippen molar-refractivity contribution >= 4 is 33.3 Å². The van der Waals surface area contributed by atoms with Gasteiger partial charge in [0, 0.05) is 15.2 Å². The maximum Gasteiger partial charge on any atom is 0.128 e. The summed E-state index contributed by atoms with van der Waals surface area (Å²) >= 11 is 3.54. The molecule has 0 unspecified atom stereocenters. The monoisotopic (exact) mass is 314 g/mol. The van der Waals surface area contributed by atoms with Crippen LogP contribution in [-0.2, 0) is 12.8 Å². The Morgan fingerprint density at radius 1 is 1.14 bits per heavy atom. The van der Waals surface area contributed by atoms with E-state index in [1.165, 1.54) is 40.0 Å². The van der Waals surface area contributed by atoms with Gasteiger partial charge in [-0.1, -0.05) is 11.8 Å². The SMILES string of the molecule is COc1ccc(Sc2ncnc3sc4c(c23)CCC4)cc1. The van der Waals surface area contributed by atoms with E-state index in [2.05, 4.69) is 22.1 Å². The van der Waals surface area contributed by atoms with Crippen molar-refractivity contribution in [2.75, 3.05) is 7.11 Å². The maximum absolute atomic E-state index is 5.20. The average Bonchev–Trinajstić information content (AvgIpc) is 3.09. The minimum absolute atomic E-state index is 0.878. The quantitative estimate of drug-likeness (QED) is 0.674. The lowest BCUT2D eigenvalue weighted by atomic mass is 10.2. The zero-order chi connectivity index (χ0) is 14.2. The third-order valence-corrected chi connectivity index (χ3v) is 5.95. The summed E-state index contributed by atoms with van der Waals surface area (Å²) in [5.41, 5.74) is 1.48. The van der Waals surface area contributed by atoms with Gasteiger partial charge in [0.1, 0.15) is 21.9 Å². The van der Waals surface area contributed by atoms with Crippen LogP contribution in [0.25, 0.3) is 10.2 Å². The van der Waals surface area contributed by atoms with E-state index >= 15 is 0 Å². The molecule has 3 aromatic rings. The van der Waals surface area contributed by atoms with Crippen LogP contribution in [-0.4, -0.2) is 17.1 Å². The van der Waals surface area contributed by atoms with Crippen molar-refractivity contribution < 1.29 is 4.74 Å². The van der Waals surface area contributed by atoms with Gasteiger partial charge in [0.25, 0.3) is 0 Å². The molecule has 5 heteroatoms. The van der Waals surface area contributed by atoms with Gasteiger partial charge in [-0.05, 0) is 49.1 Å². The number of methoxy groups -OCH3 is 1. The molecule has 0 radical (unpaired) electrons. The smallest absolute Gasteiger partial charge is 0.128 e. The summed E-state index contributed by atoms with van der Waals surface area (Å²) in [5, 5.41) is 2.35. The lowest BCUT2D eigenvalue weighted by Gasteiger charge is -2.05. The molecular formula is C16H14N2OS2. The van der Waals surface area contributed by atoms with E-state index in [-0.39, 0.29) is 0 Å². The van der Waals surface area contributed by atoms with Gasteiger partial charge in [-0.25, -0.2) is 9.97 Å². The van der Waals surface area contributed by atoms with E-state index in [9.17, 15) is 0 Å². The molecule has 0 amide bonds. The highest BCUT2D eigenvalue weighted by Gasteiger charge is 2.21. The van der Waals surface area contributed by atoms with E-state index < -0.39 is 0 Å². The van der Waals surface area contributed by atoms with E-state index in [0.717, 1.165) is 15.6 Å². The van der Waals surface area contributed by atoms with Crippen LogP contribution < -0.4 is 4.74 Å². The molecule has 1 aromatic carbocycles. The average molecular weight is 314 g/mol. The normalized spacial score (nSPS) is 13.6. The molecule has 0 fully saturated rings. The fourth-order valence-electron chi connectivity index (χ4n) is 2.73. The Hall–Kier alpha value is -1.59. The second-order valence-corrected chi connectivity index (χ2v) is 7.14. The zero-order valence-electron chi connectivity index (χ0n) is 11.6. The van der Waals surface area contributed by atoms with Crippen molar-refractivity contribution in [1.29, 1.82) is 0 Å². The first-order valence-corrected chi connectivity index (χ1v) is 8.55. The summed E-state index contributed by atoms with van der Waals surface area (Å²) in [5.74, 6) is 0.878. The van der Waals surface area contributed by atoms with E-state index in [1.807, 2.05) is 23.5 Å². The Morgan fingerprint density at radius 2 is 2.00 bits per heavy atom. The van der Waals surface area contributed by atoms with Crippen LogP contribution in [0.1, 0.15) is 16.9 Å². The number of benzene rings is 1. The molecule has 0 N–H and O–H groups in total. The molecule has 2 heterocycles. The topological polar surface area (TPSA) is 35.0 Å². The van der Waals surface area contributed by atoms with Crippen LogP contribution in [0.3, 0.4) is 0 Å². The largest absolute Gasteiger partial charge is 0.497 e. The summed E-state index contributed by atoms with van der Waals surface area (Å²) in [4.78, 5) is 12.8. The van der Waals surface area contributed by atoms with Crippen molar-refractivity contribution in [3.05, 3.63) is 41.0 Å². The Labute approximate surface area is 131 Å². The highest BCUT2D eigenvalue weighted by Crippen LogP contribution is 2.41. The number of nitrogens with zero attached hydrogens (tertiary/aromatic N) is 2. The fourth-order valence-corrected chi connectivity index (χ4v) is 4.94. The van der Waals surface area contributed by atoms with Crippen molar-refractivity contribution in [3.8, 4) is 5.75 Å². The van der Waals surface area contributed by atoms with Gasteiger partial charge in [0.2, 0.25) is 0 Å². The number of thiophene rings is 1. The minimum Gasteiger partial charge on any atom is -0.497 e. The Bertz CT molecular complexity index is 796. The molecule has 106 valence electrons. The predicted octanol–water partition coefficient (Wildman–Crippen LogP) is 4.34. The van der Waals surface area contributed by atoms with Crippen LogP contribution in [0, 0.1) is 0 Å². The first-order valence-electron chi connectivity index (χ1n) is 6.92. The van der Waals surface area contributed by atoms with Gasteiger partial charge in [-0.3, -0.25) is 0 Å². The number of ether oxygens (including phenoxy) is 1. The molecule has 4 rings (SSSR count). The molecular weight excluding hydrogens is 300 g/mol. The highest BCUT2D eigenvalue weighted by molar-refractivity contribution is 7.99. The third kappa shape index (κ3) is 2.30. The lowest BCUT2D eigenvalue weighted by molar-refractivity contribution is 0.414. The summed E-state index contributed by atoms with van der Waals surface area (Å²) < 4.78 is 5.20. The first-order chi connectivity index (χ1) is 10.3. The number of hydrogen-bond donors (Lipinski definition) is 0. The molecule has 0 aliphatic heterocycles. The Balaban J connectivity index is 1.75. The molecule has 0 spiro atoms. The van der Waals surface area contributed by atoms with E-state index in [4.69, 9.17) is 4.74 Å². The van der Waals surface area contributed by atoms with Crippen molar-refractivity contribution in [2.45, 2.75) is 29.2 Å². The predicted molar refractivity (Wildman–Crippen MR) is 86.6 cm³/mol. The van der Waals surface area contributed by atoms with Crippen molar-refractivity contribution in [1.82, 2.24) is 9.97 Å². The van der Waals surface area contributed by atoms with E-state index in [1.54, 1.807) is 25.2 Å². The van der Waals surface area contributed by atoms with Gasteiger partial charge in [0.15, 0.2) is 0 Å². The van der Waals surface area contributed by atoms with Gasteiger partial charge in [-0.15, -0.1) is 11.3 Å². The number of fused-ring (bicyclic) bond motifs is 3. The summed E-state index contributed by atoms with van der Waals surface area (Å²) in [6.45, 7) is 0. The van der Waals surface area contributed by atoms with Gasteiger partial charge in [-0.2, -0.15) is 0 Å². The molecule has 21 heavy (non-hydrogen) atoms. The van der Waals surface area contributed by atoms with Crippen LogP contribution >= 0.6 is 23.1 Å². The Morgan fingerprint density at radius 3 is 2.81 bits per heavy atom. The number of hydrogen-bond acceptors (Lipinski definition) is 5.